The Morgan fingerprint density at radius 1 is 1.29 bits per heavy atom. The summed E-state index contributed by atoms with van der Waals surface area (Å²) < 4.78 is 5.96. The molecule has 2 atom stereocenters. The first-order valence-corrected chi connectivity index (χ1v) is 6.83. The van der Waals surface area contributed by atoms with E-state index >= 15 is 0 Å². The summed E-state index contributed by atoms with van der Waals surface area (Å²) in [6.45, 7) is 0. The number of fused-ring (bicyclic) bond motifs is 1. The van der Waals surface area contributed by atoms with Crippen LogP contribution in [0, 0.1) is 0 Å². The van der Waals surface area contributed by atoms with Gasteiger partial charge in [-0.2, -0.15) is 0 Å². The second kappa shape index (κ2) is 4.73. The third-order valence-corrected chi connectivity index (χ3v) is 3.94. The number of para-hydroxylation sites is 1. The van der Waals surface area contributed by atoms with Crippen LogP contribution in [0.2, 0.25) is 0 Å². The maximum atomic E-state index is 6.17. The van der Waals surface area contributed by atoms with Gasteiger partial charge in [0.2, 0.25) is 0 Å². The van der Waals surface area contributed by atoms with Crippen LogP contribution in [0.3, 0.4) is 0 Å². The number of hydrogen-bond acceptors (Lipinski definition) is 1. The lowest BCUT2D eigenvalue weighted by Gasteiger charge is -2.19. The molecule has 2 unspecified atom stereocenters. The maximum absolute atomic E-state index is 6.17. The molecule has 1 aliphatic carbocycles. The molecule has 0 N–H and O–H groups in total. The molecule has 0 spiro atoms. The molecule has 1 nitrogen and oxygen atoms in total. The molecule has 0 radical (unpaired) electrons. The van der Waals surface area contributed by atoms with E-state index in [2.05, 4.69) is 24.3 Å². The number of ether oxygens (including phenoxy) is 1. The van der Waals surface area contributed by atoms with E-state index in [0.29, 0.717) is 6.10 Å². The van der Waals surface area contributed by atoms with E-state index in [-0.39, 0.29) is 5.38 Å². The van der Waals surface area contributed by atoms with Gasteiger partial charge in [-0.25, -0.2) is 0 Å². The summed E-state index contributed by atoms with van der Waals surface area (Å²) >= 11 is 6.17. The van der Waals surface area contributed by atoms with Crippen molar-refractivity contribution in [2.45, 2.75) is 43.6 Å². The first-order chi connectivity index (χ1) is 8.31. The standard InChI is InChI=1S/C15H17ClO/c16-13-6-3-4-11(8-13)9-14-10-12-5-1-2-7-15(12)17-14/h1-2,5,7-8,13-14H,3-4,6,9-10H2. The number of alkyl halides is 1. The lowest BCUT2D eigenvalue weighted by molar-refractivity contribution is 0.231. The fourth-order valence-corrected chi connectivity index (χ4v) is 3.11. The van der Waals surface area contributed by atoms with Gasteiger partial charge in [-0.15, -0.1) is 11.6 Å². The SMILES string of the molecule is ClC1C=C(CC2Cc3ccccc3O2)CCC1. The highest BCUT2D eigenvalue weighted by Gasteiger charge is 2.24. The summed E-state index contributed by atoms with van der Waals surface area (Å²) in [5.41, 5.74) is 2.82. The van der Waals surface area contributed by atoms with Gasteiger partial charge < -0.3 is 4.74 Å². The van der Waals surface area contributed by atoms with Gasteiger partial charge in [-0.3, -0.25) is 0 Å². The molecule has 0 fully saturated rings. The topological polar surface area (TPSA) is 9.23 Å². The quantitative estimate of drug-likeness (QED) is 0.566. The first-order valence-electron chi connectivity index (χ1n) is 6.39. The Labute approximate surface area is 107 Å². The van der Waals surface area contributed by atoms with Gasteiger partial charge in [0.1, 0.15) is 11.9 Å². The second-order valence-electron chi connectivity index (χ2n) is 4.99. The Morgan fingerprint density at radius 3 is 3.00 bits per heavy atom. The Morgan fingerprint density at radius 2 is 2.18 bits per heavy atom. The number of hydrogen-bond donors (Lipinski definition) is 0. The molecule has 1 aromatic rings. The summed E-state index contributed by atoms with van der Waals surface area (Å²) in [6.07, 6.45) is 8.17. The average molecular weight is 249 g/mol. The average Bonchev–Trinajstić information content (AvgIpc) is 2.71. The fraction of sp³-hybridized carbons (Fsp3) is 0.467. The van der Waals surface area contributed by atoms with Crippen molar-refractivity contribution >= 4 is 11.6 Å². The molecule has 2 heteroatoms. The zero-order valence-electron chi connectivity index (χ0n) is 9.86. The zero-order valence-corrected chi connectivity index (χ0v) is 10.6. The third kappa shape index (κ3) is 2.50. The number of benzene rings is 1. The van der Waals surface area contributed by atoms with E-state index in [1.165, 1.54) is 24.0 Å². The Balaban J connectivity index is 1.66. The van der Waals surface area contributed by atoms with Crippen LogP contribution in [0.1, 0.15) is 31.2 Å². The molecular weight excluding hydrogens is 232 g/mol. The fourth-order valence-electron chi connectivity index (χ4n) is 2.78. The molecule has 0 saturated carbocycles. The van der Waals surface area contributed by atoms with Crippen LogP contribution in [-0.2, 0) is 6.42 Å². The molecule has 2 aliphatic rings. The molecule has 1 heterocycles. The van der Waals surface area contributed by atoms with Gasteiger partial charge in [0.05, 0.1) is 5.38 Å². The normalized spacial score (nSPS) is 27.2. The minimum absolute atomic E-state index is 0.238. The van der Waals surface area contributed by atoms with Crippen molar-refractivity contribution in [2.24, 2.45) is 0 Å². The van der Waals surface area contributed by atoms with E-state index in [9.17, 15) is 0 Å². The molecular formula is C15H17ClO. The van der Waals surface area contributed by atoms with Crippen LogP contribution < -0.4 is 4.74 Å². The van der Waals surface area contributed by atoms with E-state index in [1.54, 1.807) is 0 Å². The maximum Gasteiger partial charge on any atom is 0.123 e. The van der Waals surface area contributed by atoms with Crippen LogP contribution >= 0.6 is 11.6 Å². The van der Waals surface area contributed by atoms with Crippen molar-refractivity contribution in [3.8, 4) is 5.75 Å². The summed E-state index contributed by atoms with van der Waals surface area (Å²) in [5.74, 6) is 1.07. The predicted octanol–water partition coefficient (Wildman–Crippen LogP) is 4.10. The minimum Gasteiger partial charge on any atom is -0.489 e. The number of halogens is 1. The third-order valence-electron chi connectivity index (χ3n) is 3.60. The van der Waals surface area contributed by atoms with Crippen LogP contribution in [0.5, 0.6) is 5.75 Å². The highest BCUT2D eigenvalue weighted by atomic mass is 35.5. The summed E-state index contributed by atoms with van der Waals surface area (Å²) in [4.78, 5) is 0. The largest absolute Gasteiger partial charge is 0.489 e. The van der Waals surface area contributed by atoms with Crippen molar-refractivity contribution < 1.29 is 4.74 Å². The van der Waals surface area contributed by atoms with Gasteiger partial charge in [0.15, 0.2) is 0 Å². The van der Waals surface area contributed by atoms with Gasteiger partial charge >= 0.3 is 0 Å². The van der Waals surface area contributed by atoms with Crippen LogP contribution in [0.25, 0.3) is 0 Å². The first kappa shape index (κ1) is 11.2. The molecule has 1 aromatic carbocycles. The van der Waals surface area contributed by atoms with Crippen molar-refractivity contribution in [3.05, 3.63) is 41.5 Å². The van der Waals surface area contributed by atoms with Crippen molar-refractivity contribution in [1.82, 2.24) is 0 Å². The van der Waals surface area contributed by atoms with Crippen LogP contribution in [0.4, 0.5) is 0 Å². The van der Waals surface area contributed by atoms with Gasteiger partial charge in [-0.1, -0.05) is 29.8 Å². The number of rotatable bonds is 2. The lowest BCUT2D eigenvalue weighted by atomic mass is 9.93. The van der Waals surface area contributed by atoms with Gasteiger partial charge in [-0.05, 0) is 30.9 Å². The smallest absolute Gasteiger partial charge is 0.123 e. The Kier molecular flexibility index (Phi) is 3.11. The highest BCUT2D eigenvalue weighted by molar-refractivity contribution is 6.21. The Bertz CT molecular complexity index is 413. The van der Waals surface area contributed by atoms with E-state index in [0.717, 1.165) is 25.0 Å². The monoisotopic (exact) mass is 248 g/mol. The minimum atomic E-state index is 0.238. The zero-order chi connectivity index (χ0) is 11.7. The molecule has 0 amide bonds. The van der Waals surface area contributed by atoms with Crippen LogP contribution in [0.15, 0.2) is 35.9 Å². The second-order valence-corrected chi connectivity index (χ2v) is 5.55. The van der Waals surface area contributed by atoms with E-state index < -0.39 is 0 Å². The van der Waals surface area contributed by atoms with Gasteiger partial charge in [0, 0.05) is 12.8 Å². The molecule has 0 aromatic heterocycles. The molecule has 0 saturated heterocycles. The molecule has 17 heavy (non-hydrogen) atoms. The molecule has 90 valence electrons. The summed E-state index contributed by atoms with van der Waals surface area (Å²) in [6, 6.07) is 8.35. The van der Waals surface area contributed by atoms with E-state index in [1.807, 2.05) is 6.07 Å². The Hall–Kier alpha value is -0.950. The molecule has 3 rings (SSSR count). The summed E-state index contributed by atoms with van der Waals surface area (Å²) in [5, 5.41) is 0.238. The lowest BCUT2D eigenvalue weighted by Crippen LogP contribution is -2.16. The highest BCUT2D eigenvalue weighted by Crippen LogP contribution is 2.33. The van der Waals surface area contributed by atoms with Crippen LogP contribution in [-0.4, -0.2) is 11.5 Å². The van der Waals surface area contributed by atoms with Crippen molar-refractivity contribution in [3.63, 3.8) is 0 Å². The summed E-state index contributed by atoms with van der Waals surface area (Å²) in [7, 11) is 0. The predicted molar refractivity (Wildman–Crippen MR) is 70.8 cm³/mol. The van der Waals surface area contributed by atoms with Gasteiger partial charge in [0.25, 0.3) is 0 Å². The number of allylic oxidation sites excluding steroid dienone is 1. The van der Waals surface area contributed by atoms with E-state index in [4.69, 9.17) is 16.3 Å². The molecule has 1 aliphatic heterocycles. The van der Waals surface area contributed by atoms with Crippen molar-refractivity contribution in [2.75, 3.05) is 0 Å². The van der Waals surface area contributed by atoms with Crippen molar-refractivity contribution in [1.29, 1.82) is 0 Å². The molecule has 0 bridgehead atoms.